The fourth-order valence-electron chi connectivity index (χ4n) is 2.00. The van der Waals surface area contributed by atoms with Crippen LogP contribution in [0.2, 0.25) is 0 Å². The molecular formula is C12H18O. The molecule has 1 rings (SSSR count). The lowest BCUT2D eigenvalue weighted by molar-refractivity contribution is -0.117. The third kappa shape index (κ3) is 2.30. The SMILES string of the molecule is C=CC1(CC(=O)C(=C)C)CCCC1. The third-order valence-electron chi connectivity index (χ3n) is 3.02. The molecule has 0 aromatic heterocycles. The van der Waals surface area contributed by atoms with Crippen LogP contribution in [0.25, 0.3) is 0 Å². The molecule has 0 unspecified atom stereocenters. The van der Waals surface area contributed by atoms with Crippen LogP contribution in [0.4, 0.5) is 0 Å². The van der Waals surface area contributed by atoms with Crippen molar-refractivity contribution in [2.45, 2.75) is 39.0 Å². The second kappa shape index (κ2) is 3.91. The molecule has 1 nitrogen and oxygen atoms in total. The van der Waals surface area contributed by atoms with E-state index in [2.05, 4.69) is 13.2 Å². The standard InChI is InChI=1S/C12H18O/c1-4-12(7-5-6-8-12)9-11(13)10(2)3/h4H,1-2,5-9H2,3H3. The van der Waals surface area contributed by atoms with E-state index in [1.165, 1.54) is 12.8 Å². The molecule has 0 saturated heterocycles. The molecule has 0 aliphatic heterocycles. The largest absolute Gasteiger partial charge is 0.295 e. The Morgan fingerprint density at radius 2 is 2.00 bits per heavy atom. The highest BCUT2D eigenvalue weighted by Gasteiger charge is 2.32. The average molecular weight is 178 g/mol. The summed E-state index contributed by atoms with van der Waals surface area (Å²) in [5, 5.41) is 0. The lowest BCUT2D eigenvalue weighted by atomic mass is 9.80. The third-order valence-corrected chi connectivity index (χ3v) is 3.02. The van der Waals surface area contributed by atoms with Crippen LogP contribution in [0.1, 0.15) is 39.0 Å². The van der Waals surface area contributed by atoms with Crippen molar-refractivity contribution in [3.05, 3.63) is 24.8 Å². The zero-order valence-electron chi connectivity index (χ0n) is 8.44. The van der Waals surface area contributed by atoms with Crippen molar-refractivity contribution in [1.29, 1.82) is 0 Å². The van der Waals surface area contributed by atoms with Crippen molar-refractivity contribution >= 4 is 5.78 Å². The molecule has 72 valence electrons. The molecule has 0 amide bonds. The zero-order chi connectivity index (χ0) is 9.90. The summed E-state index contributed by atoms with van der Waals surface area (Å²) in [4.78, 5) is 11.5. The van der Waals surface area contributed by atoms with Crippen LogP contribution in [0.15, 0.2) is 24.8 Å². The Balaban J connectivity index is 2.63. The highest BCUT2D eigenvalue weighted by atomic mass is 16.1. The summed E-state index contributed by atoms with van der Waals surface area (Å²) in [5.74, 6) is 0.196. The van der Waals surface area contributed by atoms with Gasteiger partial charge in [-0.05, 0) is 30.8 Å². The van der Waals surface area contributed by atoms with Gasteiger partial charge in [-0.25, -0.2) is 0 Å². The molecule has 0 N–H and O–H groups in total. The first-order chi connectivity index (χ1) is 6.09. The number of rotatable bonds is 4. The van der Waals surface area contributed by atoms with Crippen LogP contribution in [0, 0.1) is 5.41 Å². The van der Waals surface area contributed by atoms with Gasteiger partial charge in [-0.2, -0.15) is 0 Å². The Bertz CT molecular complexity index is 232. The maximum Gasteiger partial charge on any atom is 0.158 e. The van der Waals surface area contributed by atoms with E-state index in [0.29, 0.717) is 12.0 Å². The summed E-state index contributed by atoms with van der Waals surface area (Å²) < 4.78 is 0. The predicted octanol–water partition coefficient (Wildman–Crippen LogP) is 3.27. The molecule has 1 fully saturated rings. The summed E-state index contributed by atoms with van der Waals surface area (Å²) in [6.45, 7) is 9.31. The van der Waals surface area contributed by atoms with E-state index in [9.17, 15) is 4.79 Å². The zero-order valence-corrected chi connectivity index (χ0v) is 8.44. The molecule has 1 aliphatic carbocycles. The smallest absolute Gasteiger partial charge is 0.158 e. The summed E-state index contributed by atoms with van der Waals surface area (Å²) in [7, 11) is 0. The van der Waals surface area contributed by atoms with E-state index < -0.39 is 0 Å². The highest BCUT2D eigenvalue weighted by molar-refractivity contribution is 5.94. The Morgan fingerprint density at radius 3 is 2.38 bits per heavy atom. The van der Waals surface area contributed by atoms with Gasteiger partial charge < -0.3 is 0 Å². The van der Waals surface area contributed by atoms with Gasteiger partial charge in [-0.1, -0.05) is 25.5 Å². The maximum atomic E-state index is 11.5. The van der Waals surface area contributed by atoms with E-state index in [1.54, 1.807) is 6.92 Å². The van der Waals surface area contributed by atoms with Gasteiger partial charge in [0.1, 0.15) is 0 Å². The Hall–Kier alpha value is -0.850. The van der Waals surface area contributed by atoms with Crippen molar-refractivity contribution in [2.75, 3.05) is 0 Å². The number of allylic oxidation sites excluding steroid dienone is 2. The lowest BCUT2D eigenvalue weighted by Gasteiger charge is -2.23. The molecule has 1 heteroatoms. The van der Waals surface area contributed by atoms with Crippen molar-refractivity contribution in [3.63, 3.8) is 0 Å². The molecule has 0 heterocycles. The van der Waals surface area contributed by atoms with Crippen LogP contribution < -0.4 is 0 Å². The molecule has 0 radical (unpaired) electrons. The molecule has 0 atom stereocenters. The molecular weight excluding hydrogens is 160 g/mol. The van der Waals surface area contributed by atoms with Crippen molar-refractivity contribution in [1.82, 2.24) is 0 Å². The summed E-state index contributed by atoms with van der Waals surface area (Å²) in [6, 6.07) is 0. The van der Waals surface area contributed by atoms with E-state index in [4.69, 9.17) is 0 Å². The van der Waals surface area contributed by atoms with Crippen LogP contribution in [-0.2, 0) is 4.79 Å². The summed E-state index contributed by atoms with van der Waals surface area (Å²) >= 11 is 0. The minimum atomic E-state index is 0.0933. The number of hydrogen-bond acceptors (Lipinski definition) is 1. The van der Waals surface area contributed by atoms with Crippen LogP contribution >= 0.6 is 0 Å². The second-order valence-electron chi connectivity index (χ2n) is 4.15. The number of carbonyl (C=O) groups is 1. The van der Waals surface area contributed by atoms with E-state index in [1.807, 2.05) is 6.08 Å². The van der Waals surface area contributed by atoms with Gasteiger partial charge in [0.05, 0.1) is 0 Å². The van der Waals surface area contributed by atoms with E-state index >= 15 is 0 Å². The molecule has 0 bridgehead atoms. The fourth-order valence-corrected chi connectivity index (χ4v) is 2.00. The molecule has 0 aromatic rings. The van der Waals surface area contributed by atoms with Crippen molar-refractivity contribution < 1.29 is 4.79 Å². The Morgan fingerprint density at radius 1 is 1.46 bits per heavy atom. The number of carbonyl (C=O) groups excluding carboxylic acids is 1. The first kappa shape index (κ1) is 10.2. The number of hydrogen-bond donors (Lipinski definition) is 0. The fraction of sp³-hybridized carbons (Fsp3) is 0.583. The van der Waals surface area contributed by atoms with Crippen molar-refractivity contribution in [3.8, 4) is 0 Å². The lowest BCUT2D eigenvalue weighted by Crippen LogP contribution is -2.18. The normalized spacial score (nSPS) is 19.8. The average Bonchev–Trinajstić information content (AvgIpc) is 2.54. The van der Waals surface area contributed by atoms with Gasteiger partial charge >= 0.3 is 0 Å². The molecule has 13 heavy (non-hydrogen) atoms. The highest BCUT2D eigenvalue weighted by Crippen LogP contribution is 2.42. The number of ketones is 1. The molecule has 1 saturated carbocycles. The van der Waals surface area contributed by atoms with Crippen LogP contribution in [-0.4, -0.2) is 5.78 Å². The first-order valence-corrected chi connectivity index (χ1v) is 4.92. The van der Waals surface area contributed by atoms with Gasteiger partial charge in [0.25, 0.3) is 0 Å². The van der Waals surface area contributed by atoms with E-state index in [-0.39, 0.29) is 11.2 Å². The topological polar surface area (TPSA) is 17.1 Å². The van der Waals surface area contributed by atoms with Gasteiger partial charge in [-0.15, -0.1) is 6.58 Å². The summed E-state index contributed by atoms with van der Waals surface area (Å²) in [6.07, 6.45) is 7.29. The Labute approximate surface area is 80.5 Å². The minimum absolute atomic E-state index is 0.0933. The first-order valence-electron chi connectivity index (χ1n) is 4.92. The van der Waals surface area contributed by atoms with Gasteiger partial charge in [0.2, 0.25) is 0 Å². The molecule has 0 aromatic carbocycles. The number of Topliss-reactive ketones (excluding diaryl/α,β-unsaturated/α-hetero) is 1. The quantitative estimate of drug-likeness (QED) is 0.477. The van der Waals surface area contributed by atoms with Crippen LogP contribution in [0.5, 0.6) is 0 Å². The van der Waals surface area contributed by atoms with Gasteiger partial charge in [-0.3, -0.25) is 4.79 Å². The maximum absolute atomic E-state index is 11.5. The van der Waals surface area contributed by atoms with Gasteiger partial charge in [0.15, 0.2) is 5.78 Å². The summed E-state index contributed by atoms with van der Waals surface area (Å²) in [5.41, 5.74) is 0.767. The predicted molar refractivity (Wildman–Crippen MR) is 55.5 cm³/mol. The monoisotopic (exact) mass is 178 g/mol. The van der Waals surface area contributed by atoms with Crippen LogP contribution in [0.3, 0.4) is 0 Å². The molecule has 1 aliphatic rings. The van der Waals surface area contributed by atoms with E-state index in [0.717, 1.165) is 12.8 Å². The van der Waals surface area contributed by atoms with Gasteiger partial charge in [0, 0.05) is 6.42 Å². The minimum Gasteiger partial charge on any atom is -0.295 e. The Kier molecular flexibility index (Phi) is 3.07. The van der Waals surface area contributed by atoms with Crippen molar-refractivity contribution in [2.24, 2.45) is 5.41 Å². The second-order valence-corrected chi connectivity index (χ2v) is 4.15. The molecule has 0 spiro atoms.